The molecule has 0 unspecified atom stereocenters. The number of aromatic carboxylic acids is 1. The van der Waals surface area contributed by atoms with Crippen molar-refractivity contribution in [2.45, 2.75) is 13.5 Å². The number of methoxy groups -OCH3 is 1. The van der Waals surface area contributed by atoms with Crippen molar-refractivity contribution in [1.29, 1.82) is 0 Å². The first-order valence-corrected chi connectivity index (χ1v) is 6.23. The minimum Gasteiger partial charge on any atom is -0.496 e. The Morgan fingerprint density at radius 1 is 1.37 bits per heavy atom. The highest BCUT2D eigenvalue weighted by Crippen LogP contribution is 2.33. The molecule has 4 nitrogen and oxygen atoms in total. The van der Waals surface area contributed by atoms with Crippen LogP contribution < -0.4 is 4.74 Å². The monoisotopic (exact) mass is 279 g/mol. The summed E-state index contributed by atoms with van der Waals surface area (Å²) in [6, 6.07) is 8.63. The number of halogens is 1. The maximum atomic E-state index is 11.2. The van der Waals surface area contributed by atoms with Gasteiger partial charge in [0.2, 0.25) is 0 Å². The van der Waals surface area contributed by atoms with Crippen molar-refractivity contribution < 1.29 is 14.6 Å². The van der Waals surface area contributed by atoms with E-state index >= 15 is 0 Å². The van der Waals surface area contributed by atoms with Gasteiger partial charge in [-0.2, -0.15) is 0 Å². The number of hydrogen-bond donors (Lipinski definition) is 1. The van der Waals surface area contributed by atoms with Gasteiger partial charge >= 0.3 is 5.97 Å². The largest absolute Gasteiger partial charge is 0.496 e. The van der Waals surface area contributed by atoms with E-state index in [4.69, 9.17) is 21.4 Å². The molecule has 0 saturated carbocycles. The van der Waals surface area contributed by atoms with Gasteiger partial charge in [0, 0.05) is 17.1 Å². The lowest BCUT2D eigenvalue weighted by atomic mass is 10.1. The van der Waals surface area contributed by atoms with E-state index in [1.165, 1.54) is 0 Å². The van der Waals surface area contributed by atoms with Gasteiger partial charge in [-0.15, -0.1) is 0 Å². The van der Waals surface area contributed by atoms with Gasteiger partial charge in [-0.25, -0.2) is 4.79 Å². The van der Waals surface area contributed by atoms with Crippen LogP contribution in [0, 0.1) is 0 Å². The first-order chi connectivity index (χ1) is 9.08. The number of hydrogen-bond acceptors (Lipinski definition) is 2. The highest BCUT2D eigenvalue weighted by molar-refractivity contribution is 6.31. The maximum Gasteiger partial charge on any atom is 0.352 e. The predicted molar refractivity (Wildman–Crippen MR) is 74.1 cm³/mol. The van der Waals surface area contributed by atoms with Gasteiger partial charge in [-0.05, 0) is 37.3 Å². The SMILES string of the molecule is CCn1c(C(=O)O)ccc1-c1cc(Cl)ccc1OC. The third kappa shape index (κ3) is 2.44. The molecule has 0 bridgehead atoms. The van der Waals surface area contributed by atoms with Gasteiger partial charge in [-0.1, -0.05) is 11.6 Å². The van der Waals surface area contributed by atoms with Gasteiger partial charge in [0.1, 0.15) is 11.4 Å². The number of nitrogens with zero attached hydrogens (tertiary/aromatic N) is 1. The van der Waals surface area contributed by atoms with E-state index in [1.54, 1.807) is 42.0 Å². The molecule has 19 heavy (non-hydrogen) atoms. The van der Waals surface area contributed by atoms with E-state index in [2.05, 4.69) is 0 Å². The van der Waals surface area contributed by atoms with Gasteiger partial charge in [0.05, 0.1) is 12.8 Å². The lowest BCUT2D eigenvalue weighted by molar-refractivity contribution is 0.0685. The maximum absolute atomic E-state index is 11.2. The number of carboxylic acids is 1. The molecule has 2 rings (SSSR count). The van der Waals surface area contributed by atoms with Crippen LogP contribution in [0.5, 0.6) is 5.75 Å². The molecule has 0 saturated heterocycles. The number of carbonyl (C=O) groups is 1. The number of rotatable bonds is 4. The summed E-state index contributed by atoms with van der Waals surface area (Å²) in [5.74, 6) is -0.289. The van der Waals surface area contributed by atoms with Crippen molar-refractivity contribution in [1.82, 2.24) is 4.57 Å². The summed E-state index contributed by atoms with van der Waals surface area (Å²) in [4.78, 5) is 11.2. The van der Waals surface area contributed by atoms with Crippen LogP contribution in [-0.2, 0) is 6.54 Å². The minimum absolute atomic E-state index is 0.250. The van der Waals surface area contributed by atoms with Crippen molar-refractivity contribution in [3.8, 4) is 17.0 Å². The van der Waals surface area contributed by atoms with Crippen LogP contribution in [-0.4, -0.2) is 22.8 Å². The molecule has 1 aromatic heterocycles. The lowest BCUT2D eigenvalue weighted by Crippen LogP contribution is -2.08. The molecule has 1 heterocycles. The van der Waals surface area contributed by atoms with Crippen molar-refractivity contribution >= 4 is 17.6 Å². The van der Waals surface area contributed by atoms with Gasteiger partial charge in [0.15, 0.2) is 0 Å². The standard InChI is InChI=1S/C14H14ClNO3/c1-3-16-11(5-6-12(16)14(17)18)10-8-9(15)4-7-13(10)19-2/h4-8H,3H2,1-2H3,(H,17,18). The highest BCUT2D eigenvalue weighted by Gasteiger charge is 2.16. The van der Waals surface area contributed by atoms with E-state index in [9.17, 15) is 4.79 Å². The Hall–Kier alpha value is -1.94. The molecule has 0 amide bonds. The molecule has 5 heteroatoms. The minimum atomic E-state index is -0.950. The first kappa shape index (κ1) is 13.5. The van der Waals surface area contributed by atoms with Crippen LogP contribution >= 0.6 is 11.6 Å². The molecule has 0 aliphatic heterocycles. The Morgan fingerprint density at radius 3 is 2.68 bits per heavy atom. The second kappa shape index (κ2) is 5.36. The zero-order valence-electron chi connectivity index (χ0n) is 10.7. The van der Waals surface area contributed by atoms with E-state index in [1.807, 2.05) is 6.92 Å². The van der Waals surface area contributed by atoms with Crippen molar-refractivity contribution in [2.75, 3.05) is 7.11 Å². The summed E-state index contributed by atoms with van der Waals surface area (Å²) in [6.45, 7) is 2.45. The average Bonchev–Trinajstić information content (AvgIpc) is 2.82. The second-order valence-corrected chi connectivity index (χ2v) is 4.43. The fourth-order valence-electron chi connectivity index (χ4n) is 2.11. The molecule has 0 fully saturated rings. The van der Waals surface area contributed by atoms with E-state index in [0.717, 1.165) is 11.3 Å². The Morgan fingerprint density at radius 2 is 2.11 bits per heavy atom. The molecule has 0 aliphatic rings. The Labute approximate surface area is 116 Å². The summed E-state index contributed by atoms with van der Waals surface area (Å²) in [5, 5.41) is 9.74. The second-order valence-electron chi connectivity index (χ2n) is 4.00. The van der Waals surface area contributed by atoms with Crippen LogP contribution in [0.4, 0.5) is 0 Å². The van der Waals surface area contributed by atoms with Crippen molar-refractivity contribution in [3.05, 3.63) is 41.0 Å². The van der Waals surface area contributed by atoms with Crippen LogP contribution in [0.2, 0.25) is 5.02 Å². The summed E-state index contributed by atoms with van der Waals surface area (Å²) in [5.41, 5.74) is 1.81. The summed E-state index contributed by atoms with van der Waals surface area (Å²) in [7, 11) is 1.57. The molecular formula is C14H14ClNO3. The smallest absolute Gasteiger partial charge is 0.352 e. The molecule has 0 spiro atoms. The zero-order valence-corrected chi connectivity index (χ0v) is 11.4. The van der Waals surface area contributed by atoms with E-state index < -0.39 is 5.97 Å². The summed E-state index contributed by atoms with van der Waals surface area (Å²) < 4.78 is 7.02. The topological polar surface area (TPSA) is 51.5 Å². The Kier molecular flexibility index (Phi) is 3.81. The predicted octanol–water partition coefficient (Wildman–Crippen LogP) is 3.54. The molecule has 1 N–H and O–H groups in total. The van der Waals surface area contributed by atoms with Crippen LogP contribution in [0.3, 0.4) is 0 Å². The molecule has 2 aromatic rings. The first-order valence-electron chi connectivity index (χ1n) is 5.85. The van der Waals surface area contributed by atoms with Crippen molar-refractivity contribution in [2.24, 2.45) is 0 Å². The number of carboxylic acid groups (broad SMARTS) is 1. The molecule has 0 aliphatic carbocycles. The third-order valence-electron chi connectivity index (χ3n) is 2.95. The summed E-state index contributed by atoms with van der Waals surface area (Å²) in [6.07, 6.45) is 0. The lowest BCUT2D eigenvalue weighted by Gasteiger charge is -2.12. The Balaban J connectivity index is 2.65. The highest BCUT2D eigenvalue weighted by atomic mass is 35.5. The van der Waals surface area contributed by atoms with Gasteiger partial charge in [-0.3, -0.25) is 0 Å². The summed E-state index contributed by atoms with van der Waals surface area (Å²) >= 11 is 6.01. The molecule has 100 valence electrons. The normalized spacial score (nSPS) is 10.5. The molecule has 1 aromatic carbocycles. The van der Waals surface area contributed by atoms with E-state index in [-0.39, 0.29) is 5.69 Å². The third-order valence-corrected chi connectivity index (χ3v) is 3.19. The van der Waals surface area contributed by atoms with Crippen LogP contribution in [0.1, 0.15) is 17.4 Å². The Bertz CT molecular complexity index is 619. The molecular weight excluding hydrogens is 266 g/mol. The van der Waals surface area contributed by atoms with Crippen LogP contribution in [0.15, 0.2) is 30.3 Å². The quantitative estimate of drug-likeness (QED) is 0.931. The van der Waals surface area contributed by atoms with Gasteiger partial charge in [0.25, 0.3) is 0 Å². The van der Waals surface area contributed by atoms with Gasteiger partial charge < -0.3 is 14.4 Å². The molecule has 0 atom stereocenters. The fourth-order valence-corrected chi connectivity index (χ4v) is 2.28. The van der Waals surface area contributed by atoms with E-state index in [0.29, 0.717) is 17.3 Å². The number of aromatic nitrogens is 1. The van der Waals surface area contributed by atoms with Crippen LogP contribution in [0.25, 0.3) is 11.3 Å². The fraction of sp³-hybridized carbons (Fsp3) is 0.214. The number of ether oxygens (including phenoxy) is 1. The average molecular weight is 280 g/mol. The molecule has 0 radical (unpaired) electrons. The van der Waals surface area contributed by atoms with Crippen molar-refractivity contribution in [3.63, 3.8) is 0 Å². The number of benzene rings is 1. The zero-order chi connectivity index (χ0) is 14.0.